The van der Waals surface area contributed by atoms with Gasteiger partial charge in [0.05, 0.1) is 13.2 Å². The van der Waals surface area contributed by atoms with E-state index in [1.54, 1.807) is 30.6 Å². The average Bonchev–Trinajstić information content (AvgIpc) is 2.47. The van der Waals surface area contributed by atoms with Gasteiger partial charge >= 0.3 is 0 Å². The lowest BCUT2D eigenvalue weighted by atomic mass is 10.00. The molecule has 1 atom stereocenters. The van der Waals surface area contributed by atoms with E-state index in [2.05, 4.69) is 10.4 Å². The first-order valence-electron chi connectivity index (χ1n) is 5.93. The van der Waals surface area contributed by atoms with Crippen molar-refractivity contribution in [3.05, 3.63) is 59.7 Å². The number of benzene rings is 1. The van der Waals surface area contributed by atoms with Crippen molar-refractivity contribution in [3.8, 4) is 5.75 Å². The van der Waals surface area contributed by atoms with Crippen molar-refractivity contribution in [1.29, 1.82) is 0 Å². The number of rotatable bonds is 5. The van der Waals surface area contributed by atoms with Gasteiger partial charge in [-0.2, -0.15) is 0 Å². The summed E-state index contributed by atoms with van der Waals surface area (Å²) in [5.41, 5.74) is 4.14. The molecule has 1 heterocycles. The normalized spacial score (nSPS) is 12.2. The van der Waals surface area contributed by atoms with E-state index < -0.39 is 0 Å². The third-order valence-corrected chi connectivity index (χ3v) is 2.98. The summed E-state index contributed by atoms with van der Waals surface area (Å²) in [6.07, 6.45) is 3.82. The molecule has 4 nitrogen and oxygen atoms in total. The van der Waals surface area contributed by atoms with E-state index in [-0.39, 0.29) is 17.6 Å². The second kappa shape index (κ2) is 6.26. The minimum atomic E-state index is -0.353. The molecule has 0 aliphatic carbocycles. The first-order chi connectivity index (χ1) is 9.26. The van der Waals surface area contributed by atoms with Crippen LogP contribution >= 0.6 is 0 Å². The quantitative estimate of drug-likeness (QED) is 0.638. The van der Waals surface area contributed by atoms with Crippen molar-refractivity contribution >= 4 is 0 Å². The van der Waals surface area contributed by atoms with Gasteiger partial charge in [0.1, 0.15) is 0 Å². The van der Waals surface area contributed by atoms with E-state index in [0.717, 1.165) is 5.56 Å². The van der Waals surface area contributed by atoms with Crippen molar-refractivity contribution in [1.82, 2.24) is 10.4 Å². The van der Waals surface area contributed by atoms with Crippen LogP contribution in [0.15, 0.2) is 42.7 Å². The van der Waals surface area contributed by atoms with Gasteiger partial charge in [0.25, 0.3) is 0 Å². The number of hydrogen-bond acceptors (Lipinski definition) is 4. The standard InChI is InChI=1S/C14H16FN3O/c1-19-13-6-2-4-10(14(13)15)8-12(18-16)11-5-3-7-17-9-11/h2-7,9,12,18H,8,16H2,1H3. The molecular weight excluding hydrogens is 245 g/mol. The van der Waals surface area contributed by atoms with Crippen molar-refractivity contribution in [3.63, 3.8) is 0 Å². The molecule has 1 aromatic heterocycles. The minimum Gasteiger partial charge on any atom is -0.494 e. The second-order valence-electron chi connectivity index (χ2n) is 4.14. The van der Waals surface area contributed by atoms with Crippen LogP contribution < -0.4 is 16.0 Å². The summed E-state index contributed by atoms with van der Waals surface area (Å²) < 4.78 is 19.0. The molecule has 2 rings (SSSR count). The lowest BCUT2D eigenvalue weighted by Crippen LogP contribution is -2.29. The van der Waals surface area contributed by atoms with Gasteiger partial charge < -0.3 is 4.74 Å². The molecule has 1 aromatic carbocycles. The Morgan fingerprint density at radius 3 is 2.84 bits per heavy atom. The molecule has 0 bridgehead atoms. The molecule has 2 aromatic rings. The van der Waals surface area contributed by atoms with Crippen LogP contribution in [0.5, 0.6) is 5.75 Å². The highest BCUT2D eigenvalue weighted by Crippen LogP contribution is 2.24. The summed E-state index contributed by atoms with van der Waals surface area (Å²) in [6.45, 7) is 0. The molecule has 0 aliphatic rings. The Bertz CT molecular complexity index is 533. The van der Waals surface area contributed by atoms with Gasteiger partial charge in [0.15, 0.2) is 11.6 Å². The van der Waals surface area contributed by atoms with Crippen LogP contribution in [0.1, 0.15) is 17.2 Å². The first kappa shape index (κ1) is 13.5. The van der Waals surface area contributed by atoms with E-state index in [1.807, 2.05) is 12.1 Å². The zero-order valence-corrected chi connectivity index (χ0v) is 10.6. The second-order valence-corrected chi connectivity index (χ2v) is 4.14. The van der Waals surface area contributed by atoms with Gasteiger partial charge in [0.2, 0.25) is 0 Å². The third kappa shape index (κ3) is 3.07. The fourth-order valence-electron chi connectivity index (χ4n) is 1.95. The molecule has 5 heteroatoms. The number of methoxy groups -OCH3 is 1. The SMILES string of the molecule is COc1cccc(CC(NN)c2cccnc2)c1F. The van der Waals surface area contributed by atoms with Gasteiger partial charge in [-0.25, -0.2) is 4.39 Å². The van der Waals surface area contributed by atoms with Gasteiger partial charge in [0, 0.05) is 12.4 Å². The molecule has 0 saturated carbocycles. The molecule has 0 fully saturated rings. The lowest BCUT2D eigenvalue weighted by Gasteiger charge is -2.17. The van der Waals surface area contributed by atoms with E-state index >= 15 is 0 Å². The van der Waals surface area contributed by atoms with E-state index in [4.69, 9.17) is 10.6 Å². The Kier molecular flexibility index (Phi) is 4.43. The number of hydrogen-bond donors (Lipinski definition) is 2. The monoisotopic (exact) mass is 261 g/mol. The van der Waals surface area contributed by atoms with Crippen LogP contribution in [0.3, 0.4) is 0 Å². The van der Waals surface area contributed by atoms with Gasteiger partial charge in [-0.15, -0.1) is 0 Å². The number of nitrogens with one attached hydrogen (secondary N) is 1. The highest BCUT2D eigenvalue weighted by Gasteiger charge is 2.15. The summed E-state index contributed by atoms with van der Waals surface area (Å²) in [5.74, 6) is 5.42. The average molecular weight is 261 g/mol. The number of nitrogens with zero attached hydrogens (tertiary/aromatic N) is 1. The largest absolute Gasteiger partial charge is 0.494 e. The number of aromatic nitrogens is 1. The number of pyridine rings is 1. The van der Waals surface area contributed by atoms with Crippen molar-refractivity contribution in [2.75, 3.05) is 7.11 Å². The molecule has 19 heavy (non-hydrogen) atoms. The van der Waals surface area contributed by atoms with Crippen LogP contribution in [-0.4, -0.2) is 12.1 Å². The van der Waals surface area contributed by atoms with Gasteiger partial charge in [-0.1, -0.05) is 18.2 Å². The molecule has 3 N–H and O–H groups in total. The smallest absolute Gasteiger partial charge is 0.168 e. The zero-order chi connectivity index (χ0) is 13.7. The molecule has 0 radical (unpaired) electrons. The maximum Gasteiger partial charge on any atom is 0.168 e. The van der Waals surface area contributed by atoms with Crippen LogP contribution in [0, 0.1) is 5.82 Å². The maximum absolute atomic E-state index is 14.1. The molecule has 100 valence electrons. The lowest BCUT2D eigenvalue weighted by molar-refractivity contribution is 0.382. The molecule has 0 saturated heterocycles. The van der Waals surface area contributed by atoms with Crippen molar-refractivity contribution in [2.24, 2.45) is 5.84 Å². The predicted molar refractivity (Wildman–Crippen MR) is 71.0 cm³/mol. The highest BCUT2D eigenvalue weighted by atomic mass is 19.1. The number of halogens is 1. The van der Waals surface area contributed by atoms with Crippen LogP contribution in [0.4, 0.5) is 4.39 Å². The molecule has 0 amide bonds. The number of ether oxygens (including phenoxy) is 1. The van der Waals surface area contributed by atoms with E-state index in [9.17, 15) is 4.39 Å². The predicted octanol–water partition coefficient (Wildman–Crippen LogP) is 1.98. The van der Waals surface area contributed by atoms with Crippen LogP contribution in [0.2, 0.25) is 0 Å². The molecular formula is C14H16FN3O. The molecule has 1 unspecified atom stereocenters. The Balaban J connectivity index is 2.24. The third-order valence-electron chi connectivity index (χ3n) is 2.98. The summed E-state index contributed by atoms with van der Waals surface area (Å²) >= 11 is 0. The van der Waals surface area contributed by atoms with Gasteiger partial charge in [-0.05, 0) is 29.7 Å². The number of nitrogens with two attached hydrogens (primary N) is 1. The molecule has 0 aliphatic heterocycles. The van der Waals surface area contributed by atoms with Crippen molar-refractivity contribution in [2.45, 2.75) is 12.5 Å². The summed E-state index contributed by atoms with van der Waals surface area (Å²) in [6, 6.07) is 8.59. The van der Waals surface area contributed by atoms with E-state index in [0.29, 0.717) is 12.0 Å². The van der Waals surface area contributed by atoms with Crippen LogP contribution in [0.25, 0.3) is 0 Å². The summed E-state index contributed by atoms with van der Waals surface area (Å²) in [4.78, 5) is 4.04. The summed E-state index contributed by atoms with van der Waals surface area (Å²) in [5, 5.41) is 0. The van der Waals surface area contributed by atoms with E-state index in [1.165, 1.54) is 7.11 Å². The first-order valence-corrected chi connectivity index (χ1v) is 5.93. The van der Waals surface area contributed by atoms with Crippen LogP contribution in [-0.2, 0) is 6.42 Å². The Morgan fingerprint density at radius 2 is 2.21 bits per heavy atom. The number of hydrazine groups is 1. The van der Waals surface area contributed by atoms with Gasteiger partial charge in [-0.3, -0.25) is 16.3 Å². The maximum atomic E-state index is 14.1. The fraction of sp³-hybridized carbons (Fsp3) is 0.214. The summed E-state index contributed by atoms with van der Waals surface area (Å²) in [7, 11) is 1.45. The Hall–Kier alpha value is -1.98. The Labute approximate surface area is 111 Å². The minimum absolute atomic E-state index is 0.199. The Morgan fingerprint density at radius 1 is 1.37 bits per heavy atom. The zero-order valence-electron chi connectivity index (χ0n) is 10.6. The highest BCUT2D eigenvalue weighted by molar-refractivity contribution is 5.32. The van der Waals surface area contributed by atoms with Crippen molar-refractivity contribution < 1.29 is 9.13 Å². The topological polar surface area (TPSA) is 60.2 Å². The fourth-order valence-corrected chi connectivity index (χ4v) is 1.95. The molecule has 0 spiro atoms.